The number of nitrogens with two attached hydrogens (primary N) is 1. The van der Waals surface area contributed by atoms with E-state index in [9.17, 15) is 18.0 Å². The number of carbonyl (C=O) groups is 1. The Morgan fingerprint density at radius 3 is 2.43 bits per heavy atom. The molecule has 0 bridgehead atoms. The first-order valence-corrected chi connectivity index (χ1v) is 6.82. The predicted molar refractivity (Wildman–Crippen MR) is 80.4 cm³/mol. The summed E-state index contributed by atoms with van der Waals surface area (Å²) in [5.41, 5.74) is 3.99. The molecule has 4 nitrogen and oxygen atoms in total. The molecule has 0 aliphatic rings. The lowest BCUT2D eigenvalue weighted by molar-refractivity contribution is -0.136. The lowest BCUT2D eigenvalue weighted by atomic mass is 10.1. The van der Waals surface area contributed by atoms with E-state index in [1.54, 1.807) is 0 Å². The van der Waals surface area contributed by atoms with Gasteiger partial charge in [-0.1, -0.05) is 23.2 Å². The van der Waals surface area contributed by atoms with Crippen LogP contribution in [0.15, 0.2) is 24.3 Å². The van der Waals surface area contributed by atoms with Gasteiger partial charge in [-0.05, 0) is 24.3 Å². The van der Waals surface area contributed by atoms with Gasteiger partial charge in [0.1, 0.15) is 0 Å². The maximum atomic E-state index is 12.8. The van der Waals surface area contributed by atoms with Crippen LogP contribution in [0.2, 0.25) is 10.0 Å². The fraction of sp³-hybridized carbons (Fsp3) is 0.143. The molecule has 0 amide bonds. The van der Waals surface area contributed by atoms with Crippen molar-refractivity contribution in [1.29, 1.82) is 0 Å². The molecule has 0 fully saturated rings. The second-order valence-electron chi connectivity index (χ2n) is 4.44. The molecule has 1 aromatic carbocycles. The van der Waals surface area contributed by atoms with Crippen molar-refractivity contribution in [3.63, 3.8) is 0 Å². The average Bonchev–Trinajstić information content (AvgIpc) is 2.48. The summed E-state index contributed by atoms with van der Waals surface area (Å²) in [6.45, 7) is 0. The number of hydrogen-bond acceptors (Lipinski definition) is 4. The Bertz CT molecular complexity index is 779. The van der Waals surface area contributed by atoms with Crippen molar-refractivity contribution in [2.75, 3.05) is 12.8 Å². The minimum absolute atomic E-state index is 0.0385. The van der Waals surface area contributed by atoms with Gasteiger partial charge in [0.05, 0.1) is 28.4 Å². The molecular formula is C14H9Cl2F3N2O2. The molecule has 0 saturated carbocycles. The molecule has 9 heteroatoms. The van der Waals surface area contributed by atoms with E-state index in [-0.39, 0.29) is 27.0 Å². The van der Waals surface area contributed by atoms with E-state index in [1.165, 1.54) is 12.1 Å². The van der Waals surface area contributed by atoms with Crippen LogP contribution in [-0.4, -0.2) is 18.1 Å². The van der Waals surface area contributed by atoms with Gasteiger partial charge in [0.25, 0.3) is 0 Å². The Balaban J connectivity index is 2.60. The highest BCUT2D eigenvalue weighted by atomic mass is 35.5. The first kappa shape index (κ1) is 17.4. The highest BCUT2D eigenvalue weighted by Gasteiger charge is 2.34. The molecule has 1 aromatic heterocycles. The van der Waals surface area contributed by atoms with E-state index < -0.39 is 23.4 Å². The Morgan fingerprint density at radius 1 is 1.22 bits per heavy atom. The van der Waals surface area contributed by atoms with Crippen LogP contribution >= 0.6 is 23.2 Å². The number of esters is 1. The molecule has 0 atom stereocenters. The van der Waals surface area contributed by atoms with Crippen LogP contribution in [0.4, 0.5) is 18.9 Å². The van der Waals surface area contributed by atoms with E-state index in [0.717, 1.165) is 13.2 Å². The van der Waals surface area contributed by atoms with Crippen LogP contribution in [0.5, 0.6) is 0 Å². The normalized spacial score (nSPS) is 11.4. The molecular weight excluding hydrogens is 356 g/mol. The molecule has 23 heavy (non-hydrogen) atoms. The third-order valence-electron chi connectivity index (χ3n) is 2.95. The number of nitrogens with zero attached hydrogens (tertiary/aromatic N) is 1. The second kappa shape index (κ2) is 6.25. The number of carbonyl (C=O) groups excluding carboxylic acids is 1. The fourth-order valence-corrected chi connectivity index (χ4v) is 2.31. The number of alkyl halides is 3. The fourth-order valence-electron chi connectivity index (χ4n) is 1.86. The number of aromatic nitrogens is 1. The minimum atomic E-state index is -4.63. The number of hydrogen-bond donors (Lipinski definition) is 1. The zero-order chi connectivity index (χ0) is 17.4. The Morgan fingerprint density at radius 2 is 1.87 bits per heavy atom. The molecule has 2 rings (SSSR count). The summed E-state index contributed by atoms with van der Waals surface area (Å²) in [4.78, 5) is 15.6. The number of pyridine rings is 1. The quantitative estimate of drug-likeness (QED) is 0.631. The summed E-state index contributed by atoms with van der Waals surface area (Å²) in [5, 5.41) is -0.172. The van der Waals surface area contributed by atoms with Gasteiger partial charge >= 0.3 is 12.1 Å². The van der Waals surface area contributed by atoms with Gasteiger partial charge in [0.15, 0.2) is 5.69 Å². The van der Waals surface area contributed by atoms with E-state index >= 15 is 0 Å². The molecule has 2 aromatic rings. The third kappa shape index (κ3) is 3.51. The summed E-state index contributed by atoms with van der Waals surface area (Å²) in [6, 6.07) is 4.52. The number of ether oxygens (including phenoxy) is 1. The van der Waals surface area contributed by atoms with Crippen molar-refractivity contribution in [3.05, 3.63) is 45.6 Å². The van der Waals surface area contributed by atoms with Crippen molar-refractivity contribution in [3.8, 4) is 11.3 Å². The number of methoxy groups -OCH3 is 1. The van der Waals surface area contributed by atoms with Gasteiger partial charge in [0, 0.05) is 11.3 Å². The molecule has 0 radical (unpaired) electrons. The Hall–Kier alpha value is -1.99. The predicted octanol–water partition coefficient (Wildman–Crippen LogP) is 4.44. The first-order chi connectivity index (χ1) is 10.6. The highest BCUT2D eigenvalue weighted by molar-refractivity contribution is 6.34. The first-order valence-electron chi connectivity index (χ1n) is 6.06. The number of nitrogen functional groups attached to an aromatic ring is 1. The van der Waals surface area contributed by atoms with E-state index in [2.05, 4.69) is 9.72 Å². The number of rotatable bonds is 2. The molecule has 0 unspecified atom stereocenters. The van der Waals surface area contributed by atoms with Crippen LogP contribution in [0, 0.1) is 0 Å². The molecule has 0 aliphatic carbocycles. The zero-order valence-electron chi connectivity index (χ0n) is 11.5. The average molecular weight is 365 g/mol. The number of benzene rings is 1. The summed E-state index contributed by atoms with van der Waals surface area (Å²) >= 11 is 11.7. The number of anilines is 1. The smallest absolute Gasteiger partial charge is 0.418 e. The van der Waals surface area contributed by atoms with Crippen molar-refractivity contribution in [1.82, 2.24) is 4.98 Å². The van der Waals surface area contributed by atoms with Crippen LogP contribution in [-0.2, 0) is 10.9 Å². The maximum absolute atomic E-state index is 12.8. The SMILES string of the molecule is COC(=O)c1nc(-c2cc(N)c(C(F)(F)F)cc2Cl)ccc1Cl. The molecule has 2 N–H and O–H groups in total. The summed E-state index contributed by atoms with van der Waals surface area (Å²) in [5.74, 6) is -0.784. The Kier molecular flexibility index (Phi) is 4.72. The zero-order valence-corrected chi connectivity index (χ0v) is 13.1. The van der Waals surface area contributed by atoms with Crippen LogP contribution < -0.4 is 5.73 Å². The van der Waals surface area contributed by atoms with Crippen molar-refractivity contribution in [2.45, 2.75) is 6.18 Å². The van der Waals surface area contributed by atoms with Gasteiger partial charge < -0.3 is 10.5 Å². The van der Waals surface area contributed by atoms with E-state index in [1.807, 2.05) is 0 Å². The van der Waals surface area contributed by atoms with E-state index in [0.29, 0.717) is 6.07 Å². The third-order valence-corrected chi connectivity index (χ3v) is 3.56. The maximum Gasteiger partial charge on any atom is 0.418 e. The molecule has 1 heterocycles. The topological polar surface area (TPSA) is 65.2 Å². The monoisotopic (exact) mass is 364 g/mol. The van der Waals surface area contributed by atoms with Gasteiger partial charge in [-0.3, -0.25) is 0 Å². The standard InChI is InChI=1S/C14H9Cl2F3N2O2/c1-23-13(22)12-8(15)2-3-11(21-12)6-4-10(20)7(5-9(6)16)14(17,18)19/h2-5H,20H2,1H3. The molecule has 122 valence electrons. The van der Waals surface area contributed by atoms with Crippen molar-refractivity contribution < 1.29 is 22.7 Å². The van der Waals surface area contributed by atoms with Crippen molar-refractivity contribution in [2.24, 2.45) is 0 Å². The van der Waals surface area contributed by atoms with Gasteiger partial charge in [-0.15, -0.1) is 0 Å². The molecule has 0 aliphatic heterocycles. The molecule has 0 saturated heterocycles. The van der Waals surface area contributed by atoms with Gasteiger partial charge in [-0.25, -0.2) is 9.78 Å². The summed E-state index contributed by atoms with van der Waals surface area (Å²) in [6.07, 6.45) is -4.63. The number of halogens is 5. The minimum Gasteiger partial charge on any atom is -0.464 e. The van der Waals surface area contributed by atoms with Gasteiger partial charge in [0.2, 0.25) is 0 Å². The summed E-state index contributed by atoms with van der Waals surface area (Å²) < 4.78 is 42.9. The van der Waals surface area contributed by atoms with E-state index in [4.69, 9.17) is 28.9 Å². The molecule has 0 spiro atoms. The Labute approximate surface area is 139 Å². The van der Waals surface area contributed by atoms with Gasteiger partial charge in [-0.2, -0.15) is 13.2 Å². The van der Waals surface area contributed by atoms with Crippen LogP contribution in [0.25, 0.3) is 11.3 Å². The lowest BCUT2D eigenvalue weighted by Gasteiger charge is -2.13. The summed E-state index contributed by atoms with van der Waals surface area (Å²) in [7, 11) is 1.15. The van der Waals surface area contributed by atoms with Crippen LogP contribution in [0.1, 0.15) is 16.1 Å². The largest absolute Gasteiger partial charge is 0.464 e. The van der Waals surface area contributed by atoms with Crippen molar-refractivity contribution >= 4 is 34.9 Å². The van der Waals surface area contributed by atoms with Crippen LogP contribution in [0.3, 0.4) is 0 Å². The second-order valence-corrected chi connectivity index (χ2v) is 5.25. The highest BCUT2D eigenvalue weighted by Crippen LogP contribution is 2.39. The lowest BCUT2D eigenvalue weighted by Crippen LogP contribution is -2.10.